The van der Waals surface area contributed by atoms with Crippen molar-refractivity contribution in [2.45, 2.75) is 18.5 Å². The summed E-state index contributed by atoms with van der Waals surface area (Å²) in [5, 5.41) is 2.34. The van der Waals surface area contributed by atoms with Crippen molar-refractivity contribution in [3.05, 3.63) is 54.1 Å². The van der Waals surface area contributed by atoms with Crippen molar-refractivity contribution in [3.8, 4) is 5.88 Å². The number of ether oxygens (including phenoxy) is 1. The van der Waals surface area contributed by atoms with Crippen LogP contribution >= 0.6 is 0 Å². The van der Waals surface area contributed by atoms with Crippen LogP contribution in [0.1, 0.15) is 11.3 Å². The van der Waals surface area contributed by atoms with Crippen LogP contribution < -0.4 is 15.0 Å². The Hall–Kier alpha value is -3.19. The fourth-order valence-corrected chi connectivity index (χ4v) is 2.10. The first-order chi connectivity index (χ1) is 14.1. The molecule has 2 heterocycles. The van der Waals surface area contributed by atoms with E-state index >= 15 is 0 Å². The standard InChI is InChI=1S/C17H13F9N4O/c1-9(30(2)11-3-4-12(27-7-11)17(24,25)26)28-13-5-10(16(21,22)23)6-14(29-13)31-8-15(18,19)20/h3-7H,1,8H2,2H3,(H,28,29). The predicted molar refractivity (Wildman–Crippen MR) is 91.2 cm³/mol. The minimum Gasteiger partial charge on any atom is -0.468 e. The average molecular weight is 460 g/mol. The molecule has 2 aromatic rings. The number of hydrogen-bond acceptors (Lipinski definition) is 5. The van der Waals surface area contributed by atoms with Gasteiger partial charge in [0.05, 0.1) is 17.4 Å². The molecule has 0 bridgehead atoms. The van der Waals surface area contributed by atoms with Crippen molar-refractivity contribution in [1.82, 2.24) is 9.97 Å². The second-order valence-corrected chi connectivity index (χ2v) is 6.01. The Balaban J connectivity index is 2.24. The number of hydrogen-bond donors (Lipinski definition) is 1. The van der Waals surface area contributed by atoms with Crippen LogP contribution in [0.5, 0.6) is 5.88 Å². The normalized spacial score (nSPS) is 12.5. The second kappa shape index (κ2) is 8.51. The molecule has 0 unspecified atom stereocenters. The minimum absolute atomic E-state index is 0.0889. The van der Waals surface area contributed by atoms with E-state index in [9.17, 15) is 39.5 Å². The summed E-state index contributed by atoms with van der Waals surface area (Å²) in [6, 6.07) is 2.53. The highest BCUT2D eigenvalue weighted by atomic mass is 19.4. The van der Waals surface area contributed by atoms with Crippen LogP contribution in [0.4, 0.5) is 51.0 Å². The third-order valence-electron chi connectivity index (χ3n) is 3.62. The van der Waals surface area contributed by atoms with Gasteiger partial charge in [-0.15, -0.1) is 0 Å². The largest absolute Gasteiger partial charge is 0.468 e. The topological polar surface area (TPSA) is 50.3 Å². The number of halogens is 9. The SMILES string of the molecule is C=C(Nc1cc(C(F)(F)F)cc(OCC(F)(F)F)n1)N(C)c1ccc(C(F)(F)F)nc1. The van der Waals surface area contributed by atoms with Crippen LogP contribution in [0.2, 0.25) is 0 Å². The van der Waals surface area contributed by atoms with Gasteiger partial charge in [0, 0.05) is 13.1 Å². The van der Waals surface area contributed by atoms with Crippen molar-refractivity contribution < 1.29 is 44.3 Å². The first-order valence-electron chi connectivity index (χ1n) is 8.08. The van der Waals surface area contributed by atoms with Gasteiger partial charge in [0.25, 0.3) is 0 Å². The molecule has 14 heteroatoms. The molecule has 0 aliphatic rings. The summed E-state index contributed by atoms with van der Waals surface area (Å²) >= 11 is 0. The zero-order valence-corrected chi connectivity index (χ0v) is 15.5. The molecule has 0 aliphatic carbocycles. The van der Waals surface area contributed by atoms with E-state index in [4.69, 9.17) is 0 Å². The molecule has 0 amide bonds. The highest BCUT2D eigenvalue weighted by molar-refractivity contribution is 5.55. The van der Waals surface area contributed by atoms with Gasteiger partial charge in [0.2, 0.25) is 5.88 Å². The number of rotatable bonds is 6. The quantitative estimate of drug-likeness (QED) is 0.580. The van der Waals surface area contributed by atoms with E-state index in [0.717, 1.165) is 17.2 Å². The van der Waals surface area contributed by atoms with Gasteiger partial charge in [-0.1, -0.05) is 6.58 Å². The van der Waals surface area contributed by atoms with Crippen molar-refractivity contribution in [2.75, 3.05) is 23.9 Å². The van der Waals surface area contributed by atoms with Crippen molar-refractivity contribution in [2.24, 2.45) is 0 Å². The summed E-state index contributed by atoms with van der Waals surface area (Å²) in [6.45, 7) is 1.66. The molecule has 0 saturated heterocycles. The molecule has 170 valence electrons. The molecule has 0 spiro atoms. The van der Waals surface area contributed by atoms with Crippen LogP contribution in [0, 0.1) is 0 Å². The minimum atomic E-state index is -4.92. The molecule has 0 saturated carbocycles. The second-order valence-electron chi connectivity index (χ2n) is 6.01. The van der Waals surface area contributed by atoms with Gasteiger partial charge in [-0.2, -0.15) is 44.5 Å². The van der Waals surface area contributed by atoms with Crippen LogP contribution in [0.25, 0.3) is 0 Å². The highest BCUT2D eigenvalue weighted by Crippen LogP contribution is 2.34. The summed E-state index contributed by atoms with van der Waals surface area (Å²) in [7, 11) is 1.31. The smallest absolute Gasteiger partial charge is 0.433 e. The van der Waals surface area contributed by atoms with Crippen LogP contribution in [0.15, 0.2) is 42.9 Å². The van der Waals surface area contributed by atoms with E-state index in [1.54, 1.807) is 0 Å². The van der Waals surface area contributed by atoms with Crippen molar-refractivity contribution in [1.29, 1.82) is 0 Å². The molecule has 5 nitrogen and oxygen atoms in total. The molecule has 1 N–H and O–H groups in total. The highest BCUT2D eigenvalue weighted by Gasteiger charge is 2.34. The van der Waals surface area contributed by atoms with Gasteiger partial charge in [-0.3, -0.25) is 0 Å². The van der Waals surface area contributed by atoms with Gasteiger partial charge in [-0.05, 0) is 18.2 Å². The molecule has 31 heavy (non-hydrogen) atoms. The Morgan fingerprint density at radius 1 is 1.03 bits per heavy atom. The first-order valence-corrected chi connectivity index (χ1v) is 8.08. The van der Waals surface area contributed by atoms with Gasteiger partial charge in [0.15, 0.2) is 6.61 Å². The maximum atomic E-state index is 13.1. The maximum absolute atomic E-state index is 13.1. The van der Waals surface area contributed by atoms with Crippen LogP contribution in [-0.2, 0) is 12.4 Å². The summed E-state index contributed by atoms with van der Waals surface area (Å²) in [4.78, 5) is 7.91. The van der Waals surface area contributed by atoms with Crippen LogP contribution in [-0.4, -0.2) is 29.8 Å². The Kier molecular flexibility index (Phi) is 6.61. The molecule has 0 fully saturated rings. The molecule has 0 aromatic carbocycles. The predicted octanol–water partition coefficient (Wildman–Crippen LogP) is 5.47. The van der Waals surface area contributed by atoms with E-state index in [-0.39, 0.29) is 11.5 Å². The lowest BCUT2D eigenvalue weighted by molar-refractivity contribution is -0.154. The third-order valence-corrected chi connectivity index (χ3v) is 3.62. The number of alkyl halides is 9. The van der Waals surface area contributed by atoms with E-state index in [1.165, 1.54) is 7.05 Å². The summed E-state index contributed by atoms with van der Waals surface area (Å²) in [6.07, 6.45) is -13.5. The number of nitrogens with one attached hydrogen (secondary N) is 1. The lowest BCUT2D eigenvalue weighted by Gasteiger charge is -2.23. The molecular weight excluding hydrogens is 447 g/mol. The fraction of sp³-hybridized carbons (Fsp3) is 0.294. The third kappa shape index (κ3) is 6.93. The Morgan fingerprint density at radius 3 is 2.16 bits per heavy atom. The molecule has 0 atom stereocenters. The number of nitrogens with zero attached hydrogens (tertiary/aromatic N) is 3. The molecule has 0 aliphatic heterocycles. The van der Waals surface area contributed by atoms with Gasteiger partial charge in [-0.25, -0.2) is 4.98 Å². The maximum Gasteiger partial charge on any atom is 0.433 e. The lowest BCUT2D eigenvalue weighted by atomic mass is 10.2. The number of pyridine rings is 2. The van der Waals surface area contributed by atoms with E-state index < -0.39 is 48.1 Å². The Labute approximate surface area is 169 Å². The monoisotopic (exact) mass is 460 g/mol. The first kappa shape index (κ1) is 24.1. The zero-order chi connectivity index (χ0) is 23.6. The summed E-state index contributed by atoms with van der Waals surface area (Å²) in [5.41, 5.74) is -2.41. The van der Waals surface area contributed by atoms with E-state index in [2.05, 4.69) is 26.6 Å². The van der Waals surface area contributed by atoms with Gasteiger partial charge >= 0.3 is 18.5 Å². The molecule has 2 aromatic heterocycles. The van der Waals surface area contributed by atoms with Crippen LogP contribution in [0.3, 0.4) is 0 Å². The fourth-order valence-electron chi connectivity index (χ4n) is 2.10. The summed E-state index contributed by atoms with van der Waals surface area (Å²) in [5.74, 6) is -1.65. The van der Waals surface area contributed by atoms with Crippen molar-refractivity contribution >= 4 is 11.5 Å². The van der Waals surface area contributed by atoms with Gasteiger partial charge < -0.3 is 15.0 Å². The number of aromatic nitrogens is 2. The molecule has 2 rings (SSSR count). The van der Waals surface area contributed by atoms with E-state index in [1.807, 2.05) is 0 Å². The zero-order valence-electron chi connectivity index (χ0n) is 15.5. The lowest BCUT2D eigenvalue weighted by Crippen LogP contribution is -2.23. The molecular formula is C17H13F9N4O. The summed E-state index contributed by atoms with van der Waals surface area (Å²) < 4.78 is 118. The molecule has 0 radical (unpaired) electrons. The number of anilines is 2. The van der Waals surface area contributed by atoms with E-state index in [0.29, 0.717) is 18.2 Å². The Bertz CT molecular complexity index is 921. The van der Waals surface area contributed by atoms with Gasteiger partial charge in [0.1, 0.15) is 17.3 Å². The average Bonchev–Trinajstić information content (AvgIpc) is 2.63. The van der Waals surface area contributed by atoms with Crippen molar-refractivity contribution in [3.63, 3.8) is 0 Å². The Morgan fingerprint density at radius 2 is 1.68 bits per heavy atom.